The molecule has 19 heavy (non-hydrogen) atoms. The van der Waals surface area contributed by atoms with Crippen LogP contribution >= 0.6 is 11.6 Å². The van der Waals surface area contributed by atoms with Crippen molar-refractivity contribution in [2.45, 2.75) is 37.4 Å². The van der Waals surface area contributed by atoms with E-state index in [1.165, 1.54) is 10.6 Å². The highest BCUT2D eigenvalue weighted by atomic mass is 35.5. The largest absolute Gasteiger partial charge is 0.394 e. The molecule has 1 fully saturated rings. The smallest absolute Gasteiger partial charge is 0.276 e. The number of amides is 1. The molecule has 102 valence electrons. The maximum atomic E-state index is 12.3. The van der Waals surface area contributed by atoms with Crippen molar-refractivity contribution in [2.24, 2.45) is 5.73 Å². The fraction of sp³-hybridized carbons (Fsp3) is 0.500. The summed E-state index contributed by atoms with van der Waals surface area (Å²) in [5.41, 5.74) is 10.7. The Morgan fingerprint density at radius 1 is 1.37 bits per heavy atom. The fourth-order valence-electron chi connectivity index (χ4n) is 3.02. The number of nitrogens with two attached hydrogens (primary N) is 2. The molecule has 1 aliphatic carbocycles. The van der Waals surface area contributed by atoms with Crippen LogP contribution in [0.15, 0.2) is 10.9 Å². The summed E-state index contributed by atoms with van der Waals surface area (Å²) in [6.07, 6.45) is 2.73. The summed E-state index contributed by atoms with van der Waals surface area (Å²) in [6, 6.07) is 1.45. The summed E-state index contributed by atoms with van der Waals surface area (Å²) in [4.78, 5) is 24.3. The van der Waals surface area contributed by atoms with Gasteiger partial charge in [-0.1, -0.05) is 11.6 Å². The van der Waals surface area contributed by atoms with E-state index in [4.69, 9.17) is 23.1 Å². The number of nitrogens with zero attached hydrogens (tertiary/aromatic N) is 1. The number of nitrogens with one attached hydrogen (secondary N) is 1. The van der Waals surface area contributed by atoms with Crippen molar-refractivity contribution >= 4 is 23.2 Å². The number of carbonyl (C=O) groups is 1. The summed E-state index contributed by atoms with van der Waals surface area (Å²) in [5.74, 6) is -0.322. The van der Waals surface area contributed by atoms with E-state index in [1.54, 1.807) is 0 Å². The first-order valence-corrected chi connectivity index (χ1v) is 6.62. The number of pyridine rings is 1. The van der Waals surface area contributed by atoms with Gasteiger partial charge in [-0.3, -0.25) is 14.2 Å². The number of fused-ring (bicyclic) bond motifs is 2. The van der Waals surface area contributed by atoms with Gasteiger partial charge in [0.1, 0.15) is 11.4 Å². The van der Waals surface area contributed by atoms with Gasteiger partial charge in [0.25, 0.3) is 11.5 Å². The lowest BCUT2D eigenvalue weighted by atomic mass is 9.86. The molecule has 1 saturated carbocycles. The average Bonchev–Trinajstić information content (AvgIpc) is 2.64. The molecular weight excluding hydrogens is 268 g/mol. The molecule has 1 aromatic rings. The van der Waals surface area contributed by atoms with E-state index in [-0.39, 0.29) is 33.9 Å². The lowest BCUT2D eigenvalue weighted by Crippen LogP contribution is -2.51. The second-order valence-corrected chi connectivity index (χ2v) is 5.67. The number of aromatic nitrogens is 1. The summed E-state index contributed by atoms with van der Waals surface area (Å²) >= 11 is 6.05. The third-order valence-corrected chi connectivity index (χ3v) is 4.32. The van der Waals surface area contributed by atoms with Gasteiger partial charge in [-0.05, 0) is 31.7 Å². The van der Waals surface area contributed by atoms with E-state index in [0.29, 0.717) is 12.8 Å². The second kappa shape index (κ2) is 3.98. The van der Waals surface area contributed by atoms with Crippen molar-refractivity contribution in [3.63, 3.8) is 0 Å². The van der Waals surface area contributed by atoms with Gasteiger partial charge in [0.05, 0.1) is 10.7 Å². The molecule has 1 aromatic heterocycles. The Morgan fingerprint density at radius 3 is 2.63 bits per heavy atom. The Labute approximate surface area is 114 Å². The van der Waals surface area contributed by atoms with Crippen molar-refractivity contribution in [2.75, 3.05) is 5.73 Å². The van der Waals surface area contributed by atoms with Gasteiger partial charge < -0.3 is 16.8 Å². The van der Waals surface area contributed by atoms with Crippen LogP contribution in [0.1, 0.15) is 36.2 Å². The minimum Gasteiger partial charge on any atom is -0.394 e. The molecule has 2 aliphatic rings. The molecule has 0 unspecified atom stereocenters. The minimum absolute atomic E-state index is 0.0551. The Kier molecular flexibility index (Phi) is 2.62. The summed E-state index contributed by atoms with van der Waals surface area (Å²) in [5, 5.41) is 3.10. The second-order valence-electron chi connectivity index (χ2n) is 5.26. The van der Waals surface area contributed by atoms with Crippen LogP contribution in [-0.4, -0.2) is 16.5 Å². The molecular formula is C12H15ClN4O2. The number of hydrogen-bond donors (Lipinski definition) is 3. The first-order chi connectivity index (χ1) is 8.94. The predicted octanol–water partition coefficient (Wildman–Crippen LogP) is 0.381. The first kappa shape index (κ1) is 12.5. The van der Waals surface area contributed by atoms with Gasteiger partial charge in [0, 0.05) is 6.04 Å². The van der Waals surface area contributed by atoms with E-state index in [9.17, 15) is 9.59 Å². The number of hydrogen-bond acceptors (Lipinski definition) is 4. The molecule has 0 atom stereocenters. The van der Waals surface area contributed by atoms with Gasteiger partial charge in [-0.25, -0.2) is 0 Å². The molecule has 1 aliphatic heterocycles. The zero-order valence-electron chi connectivity index (χ0n) is 10.3. The zero-order valence-corrected chi connectivity index (χ0v) is 11.0. The van der Waals surface area contributed by atoms with Crippen LogP contribution in [-0.2, 0) is 5.66 Å². The maximum Gasteiger partial charge on any atom is 0.276 e. The molecule has 0 bridgehead atoms. The highest BCUT2D eigenvalue weighted by molar-refractivity contribution is 6.34. The van der Waals surface area contributed by atoms with E-state index in [2.05, 4.69) is 5.32 Å². The van der Waals surface area contributed by atoms with Gasteiger partial charge in [0.15, 0.2) is 0 Å². The molecule has 0 aromatic carbocycles. The lowest BCUT2D eigenvalue weighted by molar-refractivity contribution is 0.0867. The highest BCUT2D eigenvalue weighted by Crippen LogP contribution is 2.37. The molecule has 6 nitrogen and oxygen atoms in total. The number of halogens is 1. The summed E-state index contributed by atoms with van der Waals surface area (Å²) in [7, 11) is 0. The normalized spacial score (nSPS) is 29.4. The molecule has 0 radical (unpaired) electrons. The molecule has 0 saturated heterocycles. The molecule has 5 N–H and O–H groups in total. The van der Waals surface area contributed by atoms with Gasteiger partial charge in [0.2, 0.25) is 0 Å². The van der Waals surface area contributed by atoms with Crippen molar-refractivity contribution in [1.82, 2.24) is 9.88 Å². The van der Waals surface area contributed by atoms with Crippen LogP contribution in [0.4, 0.5) is 5.69 Å². The van der Waals surface area contributed by atoms with Crippen LogP contribution < -0.4 is 22.3 Å². The molecule has 3 rings (SSSR count). The number of anilines is 1. The molecule has 1 spiro atoms. The van der Waals surface area contributed by atoms with E-state index in [0.717, 1.165) is 12.8 Å². The van der Waals surface area contributed by atoms with Crippen LogP contribution in [0.25, 0.3) is 0 Å². The Hall–Kier alpha value is -1.53. The molecule has 1 amide bonds. The first-order valence-electron chi connectivity index (χ1n) is 6.24. The SMILES string of the molecule is Nc1cc(Cl)c2n(c1=O)C1(CCC(N)CC1)NC2=O. The van der Waals surface area contributed by atoms with Gasteiger partial charge in [-0.15, -0.1) is 0 Å². The highest BCUT2D eigenvalue weighted by Gasteiger charge is 2.46. The van der Waals surface area contributed by atoms with Crippen molar-refractivity contribution in [3.8, 4) is 0 Å². The Bertz CT molecular complexity index is 617. The molecule has 2 heterocycles. The molecule has 7 heteroatoms. The monoisotopic (exact) mass is 282 g/mol. The van der Waals surface area contributed by atoms with E-state index in [1.807, 2.05) is 0 Å². The quantitative estimate of drug-likeness (QED) is 0.640. The van der Waals surface area contributed by atoms with Gasteiger partial charge >= 0.3 is 0 Å². The van der Waals surface area contributed by atoms with Crippen molar-refractivity contribution in [1.29, 1.82) is 0 Å². The summed E-state index contributed by atoms with van der Waals surface area (Å²) < 4.78 is 1.43. The maximum absolute atomic E-state index is 12.3. The number of carbonyl (C=O) groups excluding carboxylic acids is 1. The third-order valence-electron chi connectivity index (χ3n) is 4.03. The predicted molar refractivity (Wildman–Crippen MR) is 72.0 cm³/mol. The van der Waals surface area contributed by atoms with Crippen molar-refractivity contribution < 1.29 is 4.79 Å². The Morgan fingerprint density at radius 2 is 2.00 bits per heavy atom. The lowest BCUT2D eigenvalue weighted by Gasteiger charge is -2.37. The standard InChI is InChI=1S/C12H15ClN4O2/c13-7-5-8(15)11(19)17-9(7)10(18)16-12(17)3-1-6(14)2-4-12/h5-6H,1-4,14-15H2,(H,16,18). The topological polar surface area (TPSA) is 103 Å². The van der Waals surface area contributed by atoms with Crippen LogP contribution in [0, 0.1) is 0 Å². The average molecular weight is 283 g/mol. The zero-order chi connectivity index (χ0) is 13.8. The number of nitrogen functional groups attached to an aromatic ring is 1. The van der Waals surface area contributed by atoms with Crippen LogP contribution in [0.2, 0.25) is 5.02 Å². The minimum atomic E-state index is -0.710. The van der Waals surface area contributed by atoms with Crippen LogP contribution in [0.3, 0.4) is 0 Å². The van der Waals surface area contributed by atoms with E-state index >= 15 is 0 Å². The Balaban J connectivity index is 2.21. The third kappa shape index (κ3) is 1.67. The van der Waals surface area contributed by atoms with Crippen LogP contribution in [0.5, 0.6) is 0 Å². The number of rotatable bonds is 0. The van der Waals surface area contributed by atoms with E-state index < -0.39 is 5.66 Å². The fourth-order valence-corrected chi connectivity index (χ4v) is 3.30. The summed E-state index contributed by atoms with van der Waals surface area (Å²) in [6.45, 7) is 0. The van der Waals surface area contributed by atoms with Crippen molar-refractivity contribution in [3.05, 3.63) is 27.1 Å². The van der Waals surface area contributed by atoms with Gasteiger partial charge in [-0.2, -0.15) is 0 Å².